The minimum absolute atomic E-state index is 0.0335. The third-order valence-electron chi connectivity index (χ3n) is 3.17. The SMILES string of the molecule is COCCNC(=O)N(C[C@H]1C[C@H]1C)C(C)C. The van der Waals surface area contributed by atoms with Gasteiger partial charge in [-0.2, -0.15) is 0 Å². The molecule has 2 amide bonds. The highest BCUT2D eigenvalue weighted by Crippen LogP contribution is 2.38. The van der Waals surface area contributed by atoms with Crippen molar-refractivity contribution in [3.8, 4) is 0 Å². The van der Waals surface area contributed by atoms with E-state index < -0.39 is 0 Å². The third kappa shape index (κ3) is 4.00. The van der Waals surface area contributed by atoms with Gasteiger partial charge in [-0.3, -0.25) is 0 Å². The molecule has 2 atom stereocenters. The molecule has 1 saturated carbocycles. The Bertz CT molecular complexity index is 231. The lowest BCUT2D eigenvalue weighted by Crippen LogP contribution is -2.45. The highest BCUT2D eigenvalue weighted by atomic mass is 16.5. The summed E-state index contributed by atoms with van der Waals surface area (Å²) in [6.07, 6.45) is 1.26. The van der Waals surface area contributed by atoms with Crippen LogP contribution in [-0.2, 0) is 4.74 Å². The van der Waals surface area contributed by atoms with E-state index in [9.17, 15) is 4.79 Å². The Balaban J connectivity index is 2.33. The molecule has 1 aliphatic carbocycles. The summed E-state index contributed by atoms with van der Waals surface area (Å²) in [6.45, 7) is 8.39. The lowest BCUT2D eigenvalue weighted by atomic mass is 10.2. The molecule has 0 saturated heterocycles. The maximum absolute atomic E-state index is 11.9. The number of hydrogen-bond acceptors (Lipinski definition) is 2. The molecule has 0 bridgehead atoms. The van der Waals surface area contributed by atoms with Crippen LogP contribution in [0.2, 0.25) is 0 Å². The van der Waals surface area contributed by atoms with E-state index in [0.29, 0.717) is 19.1 Å². The van der Waals surface area contributed by atoms with E-state index in [1.54, 1.807) is 7.11 Å². The second kappa shape index (κ2) is 6.09. The number of rotatable bonds is 6. The number of nitrogens with one attached hydrogen (secondary N) is 1. The van der Waals surface area contributed by atoms with Gasteiger partial charge in [0.05, 0.1) is 6.61 Å². The molecule has 0 unspecified atom stereocenters. The quantitative estimate of drug-likeness (QED) is 0.703. The van der Waals surface area contributed by atoms with Gasteiger partial charge in [0.15, 0.2) is 0 Å². The first-order valence-electron chi connectivity index (χ1n) is 6.09. The minimum atomic E-state index is 0.0335. The van der Waals surface area contributed by atoms with Gasteiger partial charge in [0, 0.05) is 26.2 Å². The van der Waals surface area contributed by atoms with Gasteiger partial charge in [-0.25, -0.2) is 4.79 Å². The second-order valence-electron chi connectivity index (χ2n) is 4.94. The van der Waals surface area contributed by atoms with E-state index in [-0.39, 0.29) is 12.1 Å². The predicted molar refractivity (Wildman–Crippen MR) is 64.4 cm³/mol. The molecule has 0 aromatic heterocycles. The Labute approximate surface area is 98.3 Å². The summed E-state index contributed by atoms with van der Waals surface area (Å²) in [6, 6.07) is 0.293. The molecule has 1 rings (SSSR count). The topological polar surface area (TPSA) is 41.6 Å². The van der Waals surface area contributed by atoms with Gasteiger partial charge in [0.1, 0.15) is 0 Å². The minimum Gasteiger partial charge on any atom is -0.383 e. The largest absolute Gasteiger partial charge is 0.383 e. The molecule has 0 spiro atoms. The molecule has 1 fully saturated rings. The first-order valence-corrected chi connectivity index (χ1v) is 6.09. The molecule has 0 aliphatic heterocycles. The number of carbonyl (C=O) groups is 1. The molecular formula is C12H24N2O2. The van der Waals surface area contributed by atoms with Gasteiger partial charge in [-0.1, -0.05) is 6.92 Å². The van der Waals surface area contributed by atoms with Crippen molar-refractivity contribution in [1.29, 1.82) is 0 Å². The summed E-state index contributed by atoms with van der Waals surface area (Å²) in [7, 11) is 1.64. The van der Waals surface area contributed by atoms with Crippen molar-refractivity contribution < 1.29 is 9.53 Å². The van der Waals surface area contributed by atoms with Gasteiger partial charge < -0.3 is 15.0 Å². The van der Waals surface area contributed by atoms with Gasteiger partial charge in [0.2, 0.25) is 0 Å². The zero-order valence-electron chi connectivity index (χ0n) is 10.8. The molecule has 0 radical (unpaired) electrons. The number of ether oxygens (including phenoxy) is 1. The van der Waals surface area contributed by atoms with Crippen LogP contribution >= 0.6 is 0 Å². The lowest BCUT2D eigenvalue weighted by molar-refractivity contribution is 0.167. The fraction of sp³-hybridized carbons (Fsp3) is 0.917. The van der Waals surface area contributed by atoms with Crippen LogP contribution < -0.4 is 5.32 Å². The average Bonchev–Trinajstić information content (AvgIpc) is 2.90. The fourth-order valence-corrected chi connectivity index (χ4v) is 1.80. The van der Waals surface area contributed by atoms with Crippen molar-refractivity contribution >= 4 is 6.03 Å². The molecule has 4 heteroatoms. The molecule has 16 heavy (non-hydrogen) atoms. The summed E-state index contributed by atoms with van der Waals surface area (Å²) in [4.78, 5) is 13.8. The summed E-state index contributed by atoms with van der Waals surface area (Å²) in [5, 5.41) is 2.87. The molecule has 94 valence electrons. The Kier molecular flexibility index (Phi) is 5.06. The highest BCUT2D eigenvalue weighted by molar-refractivity contribution is 5.74. The van der Waals surface area contributed by atoms with E-state index in [1.165, 1.54) is 6.42 Å². The van der Waals surface area contributed by atoms with Crippen molar-refractivity contribution in [3.63, 3.8) is 0 Å². The van der Waals surface area contributed by atoms with Crippen molar-refractivity contribution in [3.05, 3.63) is 0 Å². The van der Waals surface area contributed by atoms with Gasteiger partial charge in [-0.15, -0.1) is 0 Å². The van der Waals surface area contributed by atoms with E-state index >= 15 is 0 Å². The Hall–Kier alpha value is -0.770. The monoisotopic (exact) mass is 228 g/mol. The molecule has 0 heterocycles. The van der Waals surface area contributed by atoms with Crippen molar-refractivity contribution in [1.82, 2.24) is 10.2 Å². The molecule has 0 aromatic carbocycles. The normalized spacial score (nSPS) is 23.3. The van der Waals surface area contributed by atoms with Gasteiger partial charge in [0.25, 0.3) is 0 Å². The first kappa shape index (κ1) is 13.3. The van der Waals surface area contributed by atoms with Crippen LogP contribution in [-0.4, -0.2) is 43.8 Å². The van der Waals surface area contributed by atoms with E-state index in [1.807, 2.05) is 4.90 Å². The second-order valence-corrected chi connectivity index (χ2v) is 4.94. The van der Waals surface area contributed by atoms with Crippen LogP contribution in [0.1, 0.15) is 27.2 Å². The number of hydrogen-bond donors (Lipinski definition) is 1. The number of carbonyl (C=O) groups excluding carboxylic acids is 1. The summed E-state index contributed by atoms with van der Waals surface area (Å²) in [5.41, 5.74) is 0. The summed E-state index contributed by atoms with van der Waals surface area (Å²) in [5.74, 6) is 1.49. The fourth-order valence-electron chi connectivity index (χ4n) is 1.80. The van der Waals surface area contributed by atoms with Crippen LogP contribution in [0.5, 0.6) is 0 Å². The average molecular weight is 228 g/mol. The molecular weight excluding hydrogens is 204 g/mol. The van der Waals surface area contributed by atoms with Crippen LogP contribution in [0.25, 0.3) is 0 Å². The van der Waals surface area contributed by atoms with Crippen LogP contribution in [0.4, 0.5) is 4.79 Å². The zero-order chi connectivity index (χ0) is 12.1. The summed E-state index contributed by atoms with van der Waals surface area (Å²) < 4.78 is 4.91. The zero-order valence-corrected chi connectivity index (χ0v) is 10.8. The number of methoxy groups -OCH3 is 1. The lowest BCUT2D eigenvalue weighted by Gasteiger charge is -2.27. The third-order valence-corrected chi connectivity index (χ3v) is 3.17. The van der Waals surface area contributed by atoms with Crippen molar-refractivity contribution in [2.45, 2.75) is 33.2 Å². The predicted octanol–water partition coefficient (Wildman–Crippen LogP) is 1.71. The van der Waals surface area contributed by atoms with Crippen LogP contribution in [0.3, 0.4) is 0 Å². The van der Waals surface area contributed by atoms with Gasteiger partial charge in [-0.05, 0) is 32.1 Å². The van der Waals surface area contributed by atoms with Crippen LogP contribution in [0.15, 0.2) is 0 Å². The molecule has 4 nitrogen and oxygen atoms in total. The Morgan fingerprint density at radius 3 is 2.62 bits per heavy atom. The van der Waals surface area contributed by atoms with Crippen molar-refractivity contribution in [2.24, 2.45) is 11.8 Å². The molecule has 1 aliphatic rings. The maximum Gasteiger partial charge on any atom is 0.317 e. The Morgan fingerprint density at radius 1 is 1.56 bits per heavy atom. The molecule has 1 N–H and O–H groups in total. The van der Waals surface area contributed by atoms with Crippen LogP contribution in [0, 0.1) is 11.8 Å². The maximum atomic E-state index is 11.9. The van der Waals surface area contributed by atoms with Crippen molar-refractivity contribution in [2.75, 3.05) is 26.8 Å². The van der Waals surface area contributed by atoms with Gasteiger partial charge >= 0.3 is 6.03 Å². The number of urea groups is 1. The highest BCUT2D eigenvalue weighted by Gasteiger charge is 2.35. The van der Waals surface area contributed by atoms with E-state index in [2.05, 4.69) is 26.1 Å². The Morgan fingerprint density at radius 2 is 2.19 bits per heavy atom. The van der Waals surface area contributed by atoms with E-state index in [0.717, 1.165) is 12.5 Å². The standard InChI is InChI=1S/C12H24N2O2/c1-9(2)14(8-11-7-10(11)3)12(15)13-5-6-16-4/h9-11H,5-8H2,1-4H3,(H,13,15)/t10-,11-/m1/s1. The number of amides is 2. The van der Waals surface area contributed by atoms with E-state index in [4.69, 9.17) is 4.74 Å². The number of nitrogens with zero attached hydrogens (tertiary/aromatic N) is 1. The summed E-state index contributed by atoms with van der Waals surface area (Å²) >= 11 is 0. The molecule has 0 aromatic rings. The first-order chi connectivity index (χ1) is 7.56. The smallest absolute Gasteiger partial charge is 0.317 e.